The van der Waals surface area contributed by atoms with E-state index in [4.69, 9.17) is 4.74 Å². The van der Waals surface area contributed by atoms with Gasteiger partial charge in [-0.1, -0.05) is 6.08 Å². The molecule has 2 aliphatic heterocycles. The molecule has 0 radical (unpaired) electrons. The first-order valence-corrected chi connectivity index (χ1v) is 11.1. The molecule has 1 amide bonds. The highest BCUT2D eigenvalue weighted by Crippen LogP contribution is 2.40. The first-order valence-electron chi connectivity index (χ1n) is 10.2. The minimum atomic E-state index is -1.11. The van der Waals surface area contributed by atoms with E-state index in [1.165, 1.54) is 33.2 Å². The van der Waals surface area contributed by atoms with Gasteiger partial charge in [-0.3, -0.25) is 19.3 Å². The third kappa shape index (κ3) is 3.46. The molecule has 0 fully saturated rings. The molecule has 0 unspecified atom stereocenters. The second-order valence-electron chi connectivity index (χ2n) is 7.82. The van der Waals surface area contributed by atoms with Crippen molar-refractivity contribution in [3.63, 3.8) is 0 Å². The van der Waals surface area contributed by atoms with E-state index < -0.39 is 34.8 Å². The van der Waals surface area contributed by atoms with E-state index in [1.54, 1.807) is 17.2 Å². The van der Waals surface area contributed by atoms with Crippen molar-refractivity contribution in [1.29, 1.82) is 0 Å². The number of nitrogens with zero attached hydrogens (tertiary/aromatic N) is 3. The normalized spacial score (nSPS) is 18.8. The summed E-state index contributed by atoms with van der Waals surface area (Å²) in [5.74, 6) is -3.55. The number of aromatic nitrogens is 1. The van der Waals surface area contributed by atoms with Gasteiger partial charge in [-0.05, 0) is 42.1 Å². The Morgan fingerprint density at radius 2 is 2.00 bits per heavy atom. The van der Waals surface area contributed by atoms with Gasteiger partial charge in [-0.25, -0.2) is 4.39 Å². The van der Waals surface area contributed by atoms with Gasteiger partial charge in [0.25, 0.3) is 5.91 Å². The van der Waals surface area contributed by atoms with Crippen LogP contribution in [0.15, 0.2) is 52.8 Å². The molecule has 7 nitrogen and oxygen atoms in total. The van der Waals surface area contributed by atoms with E-state index in [1.807, 2.05) is 18.4 Å². The second-order valence-corrected chi connectivity index (χ2v) is 8.76. The van der Waals surface area contributed by atoms with Crippen molar-refractivity contribution >= 4 is 17.2 Å². The Bertz CT molecular complexity index is 1350. The Kier molecular flexibility index (Phi) is 5.16. The van der Waals surface area contributed by atoms with Crippen molar-refractivity contribution in [1.82, 2.24) is 9.58 Å². The van der Waals surface area contributed by atoms with Crippen molar-refractivity contribution in [2.24, 2.45) is 0 Å². The maximum absolute atomic E-state index is 14.9. The number of aromatic hydroxyl groups is 1. The van der Waals surface area contributed by atoms with Crippen molar-refractivity contribution in [2.45, 2.75) is 13.0 Å². The number of aryl methyl sites for hydroxylation is 1. The molecule has 1 N–H and O–H groups in total. The molecule has 2 bridgehead atoms. The molecule has 170 valence electrons. The number of hydrogen-bond acceptors (Lipinski definition) is 6. The van der Waals surface area contributed by atoms with Crippen LogP contribution >= 0.6 is 11.3 Å². The van der Waals surface area contributed by atoms with Crippen molar-refractivity contribution < 1.29 is 23.4 Å². The van der Waals surface area contributed by atoms with Gasteiger partial charge >= 0.3 is 0 Å². The molecule has 2 aliphatic rings. The average molecular weight is 471 g/mol. The lowest BCUT2D eigenvalue weighted by atomic mass is 10.0. The van der Waals surface area contributed by atoms with Gasteiger partial charge in [0, 0.05) is 29.2 Å². The van der Waals surface area contributed by atoms with E-state index in [2.05, 4.69) is 0 Å². The average Bonchev–Trinajstić information content (AvgIpc) is 3.20. The number of fused-ring (bicyclic) bond motifs is 5. The fraction of sp³-hybridized carbons (Fsp3) is 0.217. The fourth-order valence-corrected chi connectivity index (χ4v) is 5.12. The molecular formula is C23H19F2N3O4S. The molecule has 0 aliphatic carbocycles. The second kappa shape index (κ2) is 8.04. The summed E-state index contributed by atoms with van der Waals surface area (Å²) < 4.78 is 36.2. The molecular weight excluding hydrogens is 452 g/mol. The number of thiophene rings is 1. The molecule has 0 spiro atoms. The zero-order valence-corrected chi connectivity index (χ0v) is 18.3. The van der Waals surface area contributed by atoms with E-state index in [0.717, 1.165) is 22.6 Å². The van der Waals surface area contributed by atoms with E-state index in [0.29, 0.717) is 5.56 Å². The van der Waals surface area contributed by atoms with Crippen molar-refractivity contribution in [3.8, 4) is 11.5 Å². The highest BCUT2D eigenvalue weighted by atomic mass is 32.1. The van der Waals surface area contributed by atoms with Gasteiger partial charge in [-0.2, -0.15) is 4.39 Å². The third-order valence-electron chi connectivity index (χ3n) is 5.65. The monoisotopic (exact) mass is 471 g/mol. The number of carbonyl (C=O) groups excluding carboxylic acids is 1. The molecule has 2 aromatic heterocycles. The molecule has 3 aromatic rings. The molecule has 1 aromatic carbocycles. The summed E-state index contributed by atoms with van der Waals surface area (Å²) in [6.07, 6.45) is 4.67. The number of halogens is 2. The fourth-order valence-electron chi connectivity index (χ4n) is 4.10. The van der Waals surface area contributed by atoms with Gasteiger partial charge < -0.3 is 14.7 Å². The van der Waals surface area contributed by atoms with Gasteiger partial charge in [0.2, 0.25) is 11.2 Å². The van der Waals surface area contributed by atoms with Crippen LogP contribution in [0.25, 0.3) is 0 Å². The molecule has 10 heteroatoms. The summed E-state index contributed by atoms with van der Waals surface area (Å²) in [6.45, 7) is 2.13. The van der Waals surface area contributed by atoms with Crippen LogP contribution in [-0.2, 0) is 0 Å². The van der Waals surface area contributed by atoms with Crippen molar-refractivity contribution in [3.05, 3.63) is 91.6 Å². The molecule has 5 rings (SSSR count). The lowest BCUT2D eigenvalue weighted by Crippen LogP contribution is -2.55. The van der Waals surface area contributed by atoms with E-state index >= 15 is 0 Å². The third-order valence-corrected chi connectivity index (χ3v) is 6.75. The van der Waals surface area contributed by atoms with E-state index in [-0.39, 0.29) is 31.3 Å². The Morgan fingerprint density at radius 1 is 1.18 bits per heavy atom. The summed E-state index contributed by atoms with van der Waals surface area (Å²) >= 11 is 1.42. The minimum Gasteiger partial charge on any atom is -0.502 e. The SMILES string of the molecule is Cc1csc([C@H]2c3ccc(F)c(F)c3OC/C=C\CN3CN2n2ccc(=O)c(O)c2C3=O)c1. The molecule has 0 saturated heterocycles. The predicted molar refractivity (Wildman–Crippen MR) is 118 cm³/mol. The first kappa shape index (κ1) is 21.2. The van der Waals surface area contributed by atoms with Gasteiger partial charge in [0.15, 0.2) is 23.0 Å². The lowest BCUT2D eigenvalue weighted by Gasteiger charge is -2.43. The maximum Gasteiger partial charge on any atom is 0.278 e. The summed E-state index contributed by atoms with van der Waals surface area (Å²) in [5, 5.41) is 14.1. The smallest absolute Gasteiger partial charge is 0.278 e. The van der Waals surface area contributed by atoms with E-state index in [9.17, 15) is 23.5 Å². The molecule has 33 heavy (non-hydrogen) atoms. The predicted octanol–water partition coefficient (Wildman–Crippen LogP) is 3.29. The van der Waals surface area contributed by atoms with Crippen LogP contribution in [0.5, 0.6) is 11.5 Å². The quantitative estimate of drug-likeness (QED) is 0.552. The summed E-state index contributed by atoms with van der Waals surface area (Å²) in [7, 11) is 0. The van der Waals surface area contributed by atoms with Crippen LogP contribution in [0.3, 0.4) is 0 Å². The summed E-state index contributed by atoms with van der Waals surface area (Å²) in [4.78, 5) is 27.5. The van der Waals surface area contributed by atoms with Crippen LogP contribution < -0.4 is 15.2 Å². The Hall–Kier alpha value is -3.66. The summed E-state index contributed by atoms with van der Waals surface area (Å²) in [6, 6.07) is 4.87. The van der Waals surface area contributed by atoms with Gasteiger partial charge in [-0.15, -0.1) is 11.3 Å². The number of hydrogen-bond donors (Lipinski definition) is 1. The topological polar surface area (TPSA) is 75.0 Å². The Balaban J connectivity index is 1.82. The molecule has 4 heterocycles. The number of pyridine rings is 1. The number of ether oxygens (including phenoxy) is 1. The maximum atomic E-state index is 14.9. The van der Waals surface area contributed by atoms with Crippen LogP contribution in [-0.4, -0.2) is 40.4 Å². The highest BCUT2D eigenvalue weighted by Gasteiger charge is 2.38. The number of amides is 1. The lowest BCUT2D eigenvalue weighted by molar-refractivity contribution is 0.0701. The van der Waals surface area contributed by atoms with Gasteiger partial charge in [0.05, 0.1) is 0 Å². The standard InChI is InChI=1S/C23H19F2N3O4S/c1-13-10-17(33-11-13)19-14-4-5-15(24)18(25)22(14)32-9-3-2-7-26-12-28(19)27-8-6-16(29)21(30)20(27)23(26)31/h2-6,8,10-11,19,30H,7,9,12H2,1H3/b3-2-/t19-/m1/s1. The molecule has 0 saturated carbocycles. The zero-order chi connectivity index (χ0) is 23.3. The summed E-state index contributed by atoms with van der Waals surface area (Å²) in [5.41, 5.74) is 0.454. The number of rotatable bonds is 1. The van der Waals surface area contributed by atoms with Crippen molar-refractivity contribution in [2.75, 3.05) is 24.8 Å². The number of benzene rings is 1. The molecule has 1 atom stereocenters. The first-order chi connectivity index (χ1) is 15.9. The number of carbonyl (C=O) groups is 1. The van der Waals surface area contributed by atoms with Crippen LogP contribution in [0, 0.1) is 18.6 Å². The van der Waals surface area contributed by atoms with Crippen LogP contribution in [0.2, 0.25) is 0 Å². The van der Waals surface area contributed by atoms with Crippen LogP contribution in [0.1, 0.15) is 32.5 Å². The highest BCUT2D eigenvalue weighted by molar-refractivity contribution is 7.10. The van der Waals surface area contributed by atoms with Gasteiger partial charge in [0.1, 0.15) is 19.3 Å². The Labute approximate surface area is 191 Å². The minimum absolute atomic E-state index is 0.0261. The Morgan fingerprint density at radius 3 is 2.76 bits per heavy atom. The van der Waals surface area contributed by atoms with Crippen LogP contribution in [0.4, 0.5) is 8.78 Å². The zero-order valence-electron chi connectivity index (χ0n) is 17.5. The largest absolute Gasteiger partial charge is 0.502 e.